The SMILES string of the molecule is c1ccc(N2c3ccccc3[Si]3(CCCC3)c3cc(-c4c5ccccc5c(-c5ccc6c(ccc7ccccc76)c5)c5ccccc45)ccc32)cc1. The molecule has 52 heavy (non-hydrogen) atoms. The highest BCUT2D eigenvalue weighted by Crippen LogP contribution is 2.47. The standard InChI is InChI=1S/C50H37NSi/c1-2-15-38(16-3-1)51-45-22-10-11-23-47(45)52(30-12-13-31-52)48-33-37(27-29-46(48)51)50-43-20-8-6-18-41(43)49(42-19-7-9-21-44(42)50)36-26-28-40-35(32-36)25-24-34-14-4-5-17-39(34)40/h1-11,14-29,32-33H,12-13,30-31H2. The lowest BCUT2D eigenvalue weighted by Crippen LogP contribution is -2.61. The second-order valence-corrected chi connectivity index (χ2v) is 19.0. The van der Waals surface area contributed by atoms with Gasteiger partial charge in [0.1, 0.15) is 8.07 Å². The first-order valence-corrected chi connectivity index (χ1v) is 21.1. The molecule has 0 aromatic heterocycles. The zero-order valence-corrected chi connectivity index (χ0v) is 30.0. The van der Waals surface area contributed by atoms with Crippen LogP contribution in [0.1, 0.15) is 12.8 Å². The van der Waals surface area contributed by atoms with Gasteiger partial charge in [0.25, 0.3) is 0 Å². The van der Waals surface area contributed by atoms with Gasteiger partial charge >= 0.3 is 0 Å². The van der Waals surface area contributed by atoms with Crippen molar-refractivity contribution in [3.63, 3.8) is 0 Å². The molecule has 1 saturated heterocycles. The van der Waals surface area contributed by atoms with Gasteiger partial charge in [-0.3, -0.25) is 0 Å². The Kier molecular flexibility index (Phi) is 6.59. The van der Waals surface area contributed by atoms with E-state index in [2.05, 4.69) is 181 Å². The molecule has 2 heterocycles. The van der Waals surface area contributed by atoms with Crippen LogP contribution in [0.25, 0.3) is 65.3 Å². The van der Waals surface area contributed by atoms with Crippen LogP contribution in [0, 0.1) is 0 Å². The second kappa shape index (κ2) is 11.5. The monoisotopic (exact) mass is 679 g/mol. The Bertz CT molecular complexity index is 2810. The van der Waals surface area contributed by atoms with E-state index in [4.69, 9.17) is 0 Å². The van der Waals surface area contributed by atoms with Gasteiger partial charge in [-0.05, 0) is 118 Å². The smallest absolute Gasteiger partial charge is 0.123 e. The van der Waals surface area contributed by atoms with E-state index in [0.717, 1.165) is 0 Å². The summed E-state index contributed by atoms with van der Waals surface area (Å²) in [5, 5.41) is 13.6. The molecule has 0 saturated carbocycles. The molecule has 2 heteroatoms. The van der Waals surface area contributed by atoms with E-state index in [0.29, 0.717) is 0 Å². The molecule has 2 aliphatic heterocycles. The molecule has 9 aromatic carbocycles. The summed E-state index contributed by atoms with van der Waals surface area (Å²) in [6.07, 6.45) is 2.63. The molecule has 0 aliphatic carbocycles. The minimum Gasteiger partial charge on any atom is -0.311 e. The van der Waals surface area contributed by atoms with E-state index in [-0.39, 0.29) is 0 Å². The van der Waals surface area contributed by atoms with Crippen molar-refractivity contribution in [1.29, 1.82) is 0 Å². The minimum absolute atomic E-state index is 1.23. The molecule has 0 bridgehead atoms. The fraction of sp³-hybridized carbons (Fsp3) is 0.0800. The number of para-hydroxylation sites is 2. The molecule has 9 aromatic rings. The summed E-state index contributed by atoms with van der Waals surface area (Å²) in [5.74, 6) is 0. The van der Waals surface area contributed by atoms with Crippen molar-refractivity contribution in [2.75, 3.05) is 4.90 Å². The summed E-state index contributed by atoms with van der Waals surface area (Å²) in [7, 11) is -1.99. The van der Waals surface area contributed by atoms with Gasteiger partial charge in [0.15, 0.2) is 0 Å². The van der Waals surface area contributed by atoms with Crippen LogP contribution in [0.3, 0.4) is 0 Å². The van der Waals surface area contributed by atoms with Crippen LogP contribution in [0.15, 0.2) is 176 Å². The van der Waals surface area contributed by atoms with E-state index in [1.165, 1.54) is 107 Å². The van der Waals surface area contributed by atoms with Crippen LogP contribution in [0.4, 0.5) is 17.1 Å². The predicted molar refractivity (Wildman–Crippen MR) is 226 cm³/mol. The topological polar surface area (TPSA) is 3.24 Å². The van der Waals surface area contributed by atoms with Gasteiger partial charge < -0.3 is 4.90 Å². The summed E-state index contributed by atoms with van der Waals surface area (Å²) in [6.45, 7) is 0. The Balaban J connectivity index is 1.17. The third-order valence-corrected chi connectivity index (χ3v) is 17.4. The van der Waals surface area contributed by atoms with E-state index >= 15 is 0 Å². The summed E-state index contributed by atoms with van der Waals surface area (Å²) >= 11 is 0. The number of anilines is 3. The average Bonchev–Trinajstić information content (AvgIpc) is 3.71. The van der Waals surface area contributed by atoms with Crippen LogP contribution in [0.2, 0.25) is 12.1 Å². The molecule has 1 nitrogen and oxygen atoms in total. The lowest BCUT2D eigenvalue weighted by molar-refractivity contribution is 0.935. The summed E-state index contributed by atoms with van der Waals surface area (Å²) in [6, 6.07) is 69.0. The number of nitrogens with zero attached hydrogens (tertiary/aromatic N) is 1. The molecule has 0 atom stereocenters. The second-order valence-electron chi connectivity index (χ2n) is 14.8. The van der Waals surface area contributed by atoms with Crippen molar-refractivity contribution in [2.24, 2.45) is 0 Å². The average molecular weight is 680 g/mol. The van der Waals surface area contributed by atoms with Crippen molar-refractivity contribution >= 4 is 78.6 Å². The molecular weight excluding hydrogens is 643 g/mol. The maximum atomic E-state index is 2.63. The highest BCUT2D eigenvalue weighted by atomic mass is 28.3. The lowest BCUT2D eigenvalue weighted by atomic mass is 9.85. The van der Waals surface area contributed by atoms with Gasteiger partial charge in [-0.15, -0.1) is 0 Å². The van der Waals surface area contributed by atoms with Crippen molar-refractivity contribution in [3.05, 3.63) is 176 Å². The number of benzene rings is 9. The number of hydrogen-bond acceptors (Lipinski definition) is 1. The molecule has 1 fully saturated rings. The molecule has 11 rings (SSSR count). The van der Waals surface area contributed by atoms with Crippen molar-refractivity contribution in [2.45, 2.75) is 24.9 Å². The van der Waals surface area contributed by atoms with Gasteiger partial charge in [0.2, 0.25) is 0 Å². The van der Waals surface area contributed by atoms with Crippen LogP contribution in [-0.2, 0) is 0 Å². The lowest BCUT2D eigenvalue weighted by Gasteiger charge is -2.43. The minimum atomic E-state index is -1.99. The fourth-order valence-corrected chi connectivity index (χ4v) is 15.5. The third kappa shape index (κ3) is 4.28. The van der Waals surface area contributed by atoms with Gasteiger partial charge in [-0.2, -0.15) is 0 Å². The van der Waals surface area contributed by atoms with E-state index < -0.39 is 8.07 Å². The highest BCUT2D eigenvalue weighted by molar-refractivity contribution is 7.05. The molecule has 0 radical (unpaired) electrons. The van der Waals surface area contributed by atoms with Crippen LogP contribution < -0.4 is 15.3 Å². The Hall–Kier alpha value is -5.96. The third-order valence-electron chi connectivity index (χ3n) is 12.1. The van der Waals surface area contributed by atoms with Gasteiger partial charge in [0, 0.05) is 17.1 Å². The number of fused-ring (bicyclic) bond motifs is 9. The van der Waals surface area contributed by atoms with Crippen LogP contribution in [-0.4, -0.2) is 8.07 Å². The highest BCUT2D eigenvalue weighted by Gasteiger charge is 2.47. The van der Waals surface area contributed by atoms with E-state index in [1.807, 2.05) is 0 Å². The predicted octanol–water partition coefficient (Wildman–Crippen LogP) is 12.8. The van der Waals surface area contributed by atoms with Gasteiger partial charge in [-0.25, -0.2) is 0 Å². The van der Waals surface area contributed by atoms with Crippen molar-refractivity contribution in [3.8, 4) is 22.3 Å². The molecule has 246 valence electrons. The normalized spacial score (nSPS) is 14.7. The molecule has 0 unspecified atom stereocenters. The quantitative estimate of drug-likeness (QED) is 0.102. The molecule has 1 spiro atoms. The molecule has 0 N–H and O–H groups in total. The Labute approximate surface area is 305 Å². The summed E-state index contributed by atoms with van der Waals surface area (Å²) in [4.78, 5) is 2.53. The van der Waals surface area contributed by atoms with Crippen molar-refractivity contribution < 1.29 is 0 Å². The summed E-state index contributed by atoms with van der Waals surface area (Å²) < 4.78 is 0. The van der Waals surface area contributed by atoms with Gasteiger partial charge in [0.05, 0.1) is 0 Å². The first kappa shape index (κ1) is 29.7. The number of rotatable bonds is 3. The zero-order chi connectivity index (χ0) is 34.2. The van der Waals surface area contributed by atoms with E-state index in [9.17, 15) is 0 Å². The first-order valence-electron chi connectivity index (χ1n) is 18.7. The summed E-state index contributed by atoms with van der Waals surface area (Å²) in [5.41, 5.74) is 9.23. The van der Waals surface area contributed by atoms with Crippen molar-refractivity contribution in [1.82, 2.24) is 0 Å². The van der Waals surface area contributed by atoms with E-state index in [1.54, 1.807) is 10.4 Å². The Morgan fingerprint density at radius 3 is 1.60 bits per heavy atom. The molecular formula is C50H37NSi. The Morgan fingerprint density at radius 2 is 0.885 bits per heavy atom. The fourth-order valence-electron chi connectivity index (χ4n) is 9.91. The maximum absolute atomic E-state index is 2.63. The molecule has 0 amide bonds. The maximum Gasteiger partial charge on any atom is 0.123 e. The molecule has 2 aliphatic rings. The van der Waals surface area contributed by atoms with Crippen LogP contribution >= 0.6 is 0 Å². The zero-order valence-electron chi connectivity index (χ0n) is 29.0. The Morgan fingerprint density at radius 1 is 0.365 bits per heavy atom. The largest absolute Gasteiger partial charge is 0.311 e. The van der Waals surface area contributed by atoms with Crippen LogP contribution in [0.5, 0.6) is 0 Å². The van der Waals surface area contributed by atoms with Gasteiger partial charge in [-0.1, -0.05) is 158 Å². The number of hydrogen-bond donors (Lipinski definition) is 0. The first-order chi connectivity index (χ1) is 25.8.